The number of hydrogen-bond donors (Lipinski definition) is 3. The lowest BCUT2D eigenvalue weighted by Crippen LogP contribution is -2.17. The second-order valence-electron chi connectivity index (χ2n) is 3.53. The van der Waals surface area contributed by atoms with E-state index in [9.17, 15) is 15.2 Å². The highest BCUT2D eigenvalue weighted by molar-refractivity contribution is 6.31. The predicted molar refractivity (Wildman–Crippen MR) is 70.8 cm³/mol. The van der Waals surface area contributed by atoms with Gasteiger partial charge >= 0.3 is 0 Å². The summed E-state index contributed by atoms with van der Waals surface area (Å²) in [6.07, 6.45) is 2.45. The molecule has 0 saturated carbocycles. The Balaban J connectivity index is 2.69. The lowest BCUT2D eigenvalue weighted by atomic mass is 10.2. The van der Waals surface area contributed by atoms with E-state index in [2.05, 4.69) is 5.32 Å². The van der Waals surface area contributed by atoms with Gasteiger partial charge in [0.05, 0.1) is 11.0 Å². The van der Waals surface area contributed by atoms with Crippen molar-refractivity contribution in [2.45, 2.75) is 6.10 Å². The molecule has 1 aromatic carbocycles. The van der Waals surface area contributed by atoms with E-state index < -0.39 is 11.0 Å². The second kappa shape index (κ2) is 6.95. The standard InChI is InChI=1S/C11H14ClN3O3/c12-8-3-4-11(15(17)18)10(6-8)14-5-1-2-9(16)7-13/h1-4,6,9,14,16H,5,7,13H2/b2-1+/t9-/m1/s1. The topological polar surface area (TPSA) is 101 Å². The minimum absolute atomic E-state index is 0.0489. The van der Waals surface area contributed by atoms with Gasteiger partial charge < -0.3 is 16.2 Å². The number of hydrogen-bond acceptors (Lipinski definition) is 5. The highest BCUT2D eigenvalue weighted by Gasteiger charge is 2.12. The van der Waals surface area contributed by atoms with Crippen molar-refractivity contribution in [3.05, 3.63) is 45.5 Å². The molecule has 0 aliphatic carbocycles. The zero-order valence-corrected chi connectivity index (χ0v) is 10.3. The van der Waals surface area contributed by atoms with Crippen LogP contribution in [0.25, 0.3) is 0 Å². The van der Waals surface area contributed by atoms with Crippen LogP contribution in [0.4, 0.5) is 11.4 Å². The van der Waals surface area contributed by atoms with Crippen LogP contribution in [0.1, 0.15) is 0 Å². The molecule has 0 bridgehead atoms. The first-order valence-electron chi connectivity index (χ1n) is 5.27. The molecule has 4 N–H and O–H groups in total. The van der Waals surface area contributed by atoms with Crippen LogP contribution < -0.4 is 11.1 Å². The third kappa shape index (κ3) is 4.33. The monoisotopic (exact) mass is 271 g/mol. The molecule has 7 heteroatoms. The Hall–Kier alpha value is -1.63. The van der Waals surface area contributed by atoms with Crippen molar-refractivity contribution in [3.8, 4) is 0 Å². The number of nitrogens with two attached hydrogens (primary N) is 1. The van der Waals surface area contributed by atoms with Crippen molar-refractivity contribution in [2.75, 3.05) is 18.4 Å². The normalized spacial score (nSPS) is 12.6. The number of nitro groups is 1. The summed E-state index contributed by atoms with van der Waals surface area (Å²) < 4.78 is 0. The van der Waals surface area contributed by atoms with E-state index in [4.69, 9.17) is 17.3 Å². The molecular formula is C11H14ClN3O3. The van der Waals surface area contributed by atoms with Gasteiger partial charge in [-0.05, 0) is 12.1 Å². The number of benzene rings is 1. The summed E-state index contributed by atoms with van der Waals surface area (Å²) in [5, 5.41) is 23.2. The Labute approximate surface area is 109 Å². The third-order valence-electron chi connectivity index (χ3n) is 2.17. The molecule has 0 heterocycles. The quantitative estimate of drug-likeness (QED) is 0.414. The van der Waals surface area contributed by atoms with E-state index in [0.29, 0.717) is 17.3 Å². The summed E-state index contributed by atoms with van der Waals surface area (Å²) in [5.41, 5.74) is 5.50. The summed E-state index contributed by atoms with van der Waals surface area (Å²) >= 11 is 5.77. The van der Waals surface area contributed by atoms with E-state index in [1.54, 1.807) is 6.08 Å². The smallest absolute Gasteiger partial charge is 0.292 e. The Kier molecular flexibility index (Phi) is 5.57. The van der Waals surface area contributed by atoms with Crippen LogP contribution in [-0.2, 0) is 0 Å². The van der Waals surface area contributed by atoms with Crippen LogP contribution in [0.5, 0.6) is 0 Å². The van der Waals surface area contributed by atoms with Crippen LogP contribution >= 0.6 is 11.6 Å². The highest BCUT2D eigenvalue weighted by atomic mass is 35.5. The first kappa shape index (κ1) is 14.4. The van der Waals surface area contributed by atoms with E-state index in [1.807, 2.05) is 0 Å². The number of nitro benzene ring substituents is 1. The van der Waals surface area contributed by atoms with Gasteiger partial charge in [-0.3, -0.25) is 10.1 Å². The van der Waals surface area contributed by atoms with Gasteiger partial charge in [0.1, 0.15) is 5.69 Å². The van der Waals surface area contributed by atoms with Gasteiger partial charge in [-0.15, -0.1) is 0 Å². The van der Waals surface area contributed by atoms with E-state index in [-0.39, 0.29) is 12.2 Å². The fourth-order valence-electron chi connectivity index (χ4n) is 1.28. The van der Waals surface area contributed by atoms with Gasteiger partial charge in [-0.1, -0.05) is 23.8 Å². The molecule has 0 spiro atoms. The molecule has 0 unspecified atom stereocenters. The van der Waals surface area contributed by atoms with Crippen molar-refractivity contribution in [1.29, 1.82) is 0 Å². The predicted octanol–water partition coefficient (Wildman–Crippen LogP) is 1.54. The van der Waals surface area contributed by atoms with E-state index in [0.717, 1.165) is 0 Å². The lowest BCUT2D eigenvalue weighted by molar-refractivity contribution is -0.383. The fourth-order valence-corrected chi connectivity index (χ4v) is 1.45. The van der Waals surface area contributed by atoms with Crippen molar-refractivity contribution in [1.82, 2.24) is 0 Å². The average Bonchev–Trinajstić information content (AvgIpc) is 2.34. The molecule has 0 aliphatic rings. The van der Waals surface area contributed by atoms with E-state index >= 15 is 0 Å². The van der Waals surface area contributed by atoms with Crippen LogP contribution in [0.2, 0.25) is 5.02 Å². The Morgan fingerprint density at radius 1 is 1.61 bits per heavy atom. The van der Waals surface area contributed by atoms with Gasteiger partial charge in [-0.25, -0.2) is 0 Å². The third-order valence-corrected chi connectivity index (χ3v) is 2.40. The minimum Gasteiger partial charge on any atom is -0.388 e. The first-order chi connectivity index (χ1) is 8.54. The maximum atomic E-state index is 10.8. The van der Waals surface area contributed by atoms with Gasteiger partial charge in [0.15, 0.2) is 0 Å². The molecule has 1 rings (SSSR count). The summed E-state index contributed by atoms with van der Waals surface area (Å²) in [4.78, 5) is 10.3. The van der Waals surface area contributed by atoms with Crippen LogP contribution in [0.15, 0.2) is 30.4 Å². The molecule has 0 amide bonds. The number of nitrogens with zero attached hydrogens (tertiary/aromatic N) is 1. The van der Waals surface area contributed by atoms with Crippen LogP contribution in [0.3, 0.4) is 0 Å². The van der Waals surface area contributed by atoms with Gasteiger partial charge in [-0.2, -0.15) is 0 Å². The molecule has 0 fully saturated rings. The first-order valence-corrected chi connectivity index (χ1v) is 5.65. The summed E-state index contributed by atoms with van der Waals surface area (Å²) in [7, 11) is 0. The summed E-state index contributed by atoms with van der Waals surface area (Å²) in [5.74, 6) is 0. The number of rotatable bonds is 6. The van der Waals surface area contributed by atoms with Gasteiger partial charge in [0, 0.05) is 24.2 Å². The molecule has 0 aromatic heterocycles. The number of aliphatic hydroxyl groups is 1. The fraction of sp³-hybridized carbons (Fsp3) is 0.273. The zero-order chi connectivity index (χ0) is 13.5. The molecule has 6 nitrogen and oxygen atoms in total. The molecule has 18 heavy (non-hydrogen) atoms. The number of aliphatic hydroxyl groups excluding tert-OH is 1. The van der Waals surface area contributed by atoms with Gasteiger partial charge in [0.2, 0.25) is 0 Å². The largest absolute Gasteiger partial charge is 0.388 e. The summed E-state index contributed by atoms with van der Waals surface area (Å²) in [6, 6.07) is 4.27. The number of anilines is 1. The molecule has 0 radical (unpaired) electrons. The highest BCUT2D eigenvalue weighted by Crippen LogP contribution is 2.27. The number of nitrogens with one attached hydrogen (secondary N) is 1. The minimum atomic E-state index is -0.707. The molecular weight excluding hydrogens is 258 g/mol. The Morgan fingerprint density at radius 3 is 2.94 bits per heavy atom. The molecule has 0 saturated heterocycles. The summed E-state index contributed by atoms with van der Waals surface area (Å²) in [6.45, 7) is 0.464. The average molecular weight is 272 g/mol. The second-order valence-corrected chi connectivity index (χ2v) is 3.97. The molecule has 1 aromatic rings. The lowest BCUT2D eigenvalue weighted by Gasteiger charge is -2.05. The van der Waals surface area contributed by atoms with Crippen LogP contribution in [-0.4, -0.2) is 29.2 Å². The Morgan fingerprint density at radius 2 is 2.33 bits per heavy atom. The van der Waals surface area contributed by atoms with Crippen molar-refractivity contribution in [3.63, 3.8) is 0 Å². The molecule has 0 aliphatic heterocycles. The van der Waals surface area contributed by atoms with Crippen molar-refractivity contribution in [2.24, 2.45) is 5.73 Å². The van der Waals surface area contributed by atoms with Crippen LogP contribution in [0, 0.1) is 10.1 Å². The zero-order valence-electron chi connectivity index (χ0n) is 9.54. The molecule has 1 atom stereocenters. The maximum Gasteiger partial charge on any atom is 0.292 e. The Bertz CT molecular complexity index is 451. The molecule has 98 valence electrons. The van der Waals surface area contributed by atoms with Crippen molar-refractivity contribution < 1.29 is 10.0 Å². The van der Waals surface area contributed by atoms with Crippen molar-refractivity contribution >= 4 is 23.0 Å². The maximum absolute atomic E-state index is 10.8. The van der Waals surface area contributed by atoms with E-state index in [1.165, 1.54) is 24.3 Å². The SMILES string of the molecule is NC[C@H](O)/C=C/CNc1cc(Cl)ccc1[N+](=O)[O-]. The van der Waals surface area contributed by atoms with Gasteiger partial charge in [0.25, 0.3) is 5.69 Å². The number of halogens is 1.